The summed E-state index contributed by atoms with van der Waals surface area (Å²) in [6, 6.07) is 18.1. The second kappa shape index (κ2) is 8.39. The van der Waals surface area contributed by atoms with Crippen molar-refractivity contribution in [3.8, 4) is 11.4 Å². The minimum absolute atomic E-state index is 0.0403. The van der Waals surface area contributed by atoms with E-state index in [1.165, 1.54) is 16.8 Å². The van der Waals surface area contributed by atoms with Crippen molar-refractivity contribution >= 4 is 33.2 Å². The third kappa shape index (κ3) is 3.77. The summed E-state index contributed by atoms with van der Waals surface area (Å²) in [4.78, 5) is 17.5. The molecule has 0 radical (unpaired) electrons. The molecule has 1 aliphatic rings. The van der Waals surface area contributed by atoms with Crippen molar-refractivity contribution in [3.05, 3.63) is 82.0 Å². The Bertz CT molecular complexity index is 1310. The monoisotopic (exact) mass is 489 g/mol. The van der Waals surface area contributed by atoms with Gasteiger partial charge in [-0.3, -0.25) is 9.20 Å². The third-order valence-electron chi connectivity index (χ3n) is 6.04. The van der Waals surface area contributed by atoms with Crippen LogP contribution in [0.4, 0.5) is 5.69 Å². The number of hydrogen-bond donors (Lipinski definition) is 0. The Morgan fingerprint density at radius 1 is 0.938 bits per heavy atom. The van der Waals surface area contributed by atoms with E-state index in [0.717, 1.165) is 29.0 Å². The van der Waals surface area contributed by atoms with Crippen molar-refractivity contribution in [1.82, 2.24) is 19.5 Å². The van der Waals surface area contributed by atoms with Gasteiger partial charge in [-0.05, 0) is 49.2 Å². The van der Waals surface area contributed by atoms with E-state index in [2.05, 4.69) is 63.1 Å². The zero-order chi connectivity index (χ0) is 22.2. The molecule has 1 amide bonds. The van der Waals surface area contributed by atoms with Gasteiger partial charge in [-0.2, -0.15) is 0 Å². The van der Waals surface area contributed by atoms with Crippen LogP contribution in [0, 0.1) is 13.8 Å². The fourth-order valence-electron chi connectivity index (χ4n) is 4.24. The van der Waals surface area contributed by atoms with Gasteiger partial charge in [-0.1, -0.05) is 46.3 Å². The number of rotatable bonds is 3. The van der Waals surface area contributed by atoms with Gasteiger partial charge in [0.25, 0.3) is 5.91 Å². The van der Waals surface area contributed by atoms with E-state index in [1.54, 1.807) is 0 Å². The number of amides is 1. The lowest BCUT2D eigenvalue weighted by molar-refractivity contribution is 0.0746. The molecule has 0 atom stereocenters. The van der Waals surface area contributed by atoms with Crippen LogP contribution < -0.4 is 4.90 Å². The predicted molar refractivity (Wildman–Crippen MR) is 130 cm³/mol. The summed E-state index contributed by atoms with van der Waals surface area (Å²) >= 11 is 3.58. The lowest BCUT2D eigenvalue weighted by Crippen LogP contribution is -2.49. The number of aromatic nitrogens is 3. The number of benzene rings is 2. The fourth-order valence-corrected chi connectivity index (χ4v) is 4.71. The zero-order valence-corrected chi connectivity index (χ0v) is 19.7. The number of pyridine rings is 1. The van der Waals surface area contributed by atoms with Crippen molar-refractivity contribution in [2.45, 2.75) is 13.8 Å². The zero-order valence-electron chi connectivity index (χ0n) is 18.1. The maximum absolute atomic E-state index is 13.2. The van der Waals surface area contributed by atoms with Crippen LogP contribution in [0.15, 0.2) is 65.3 Å². The first kappa shape index (κ1) is 20.7. The van der Waals surface area contributed by atoms with Crippen molar-refractivity contribution in [3.63, 3.8) is 0 Å². The molecule has 0 unspecified atom stereocenters. The molecular weight excluding hydrogens is 466 g/mol. The molecule has 0 saturated carbocycles. The van der Waals surface area contributed by atoms with Crippen LogP contribution in [0.3, 0.4) is 0 Å². The van der Waals surface area contributed by atoms with Gasteiger partial charge >= 0.3 is 0 Å². The Balaban J connectivity index is 1.33. The Morgan fingerprint density at radius 3 is 2.50 bits per heavy atom. The molecule has 162 valence electrons. The molecule has 2 aromatic carbocycles. The normalized spacial score (nSPS) is 14.2. The highest BCUT2D eigenvalue weighted by molar-refractivity contribution is 9.10. The van der Waals surface area contributed by atoms with Gasteiger partial charge in [0.15, 0.2) is 11.5 Å². The number of carbonyl (C=O) groups is 1. The highest BCUT2D eigenvalue weighted by Crippen LogP contribution is 2.27. The number of anilines is 1. The molecule has 0 N–H and O–H groups in total. The molecule has 0 aliphatic carbocycles. The first-order valence-corrected chi connectivity index (χ1v) is 11.5. The van der Waals surface area contributed by atoms with E-state index in [9.17, 15) is 4.79 Å². The summed E-state index contributed by atoms with van der Waals surface area (Å²) in [5, 5.41) is 8.66. The molecule has 4 aromatic rings. The average Bonchev–Trinajstić information content (AvgIpc) is 3.24. The van der Waals surface area contributed by atoms with E-state index in [4.69, 9.17) is 0 Å². The van der Waals surface area contributed by atoms with Crippen LogP contribution in [0.2, 0.25) is 0 Å². The quantitative estimate of drug-likeness (QED) is 0.417. The smallest absolute Gasteiger partial charge is 0.254 e. The minimum atomic E-state index is 0.0403. The van der Waals surface area contributed by atoms with Gasteiger partial charge in [0.2, 0.25) is 0 Å². The van der Waals surface area contributed by atoms with E-state index in [-0.39, 0.29) is 5.91 Å². The summed E-state index contributed by atoms with van der Waals surface area (Å²) in [6.45, 7) is 7.32. The lowest BCUT2D eigenvalue weighted by atomic mass is 10.1. The van der Waals surface area contributed by atoms with Crippen molar-refractivity contribution in [1.29, 1.82) is 0 Å². The molecule has 1 fully saturated rings. The van der Waals surface area contributed by atoms with Gasteiger partial charge in [-0.25, -0.2) is 0 Å². The highest BCUT2D eigenvalue weighted by Gasteiger charge is 2.24. The molecule has 0 spiro atoms. The lowest BCUT2D eigenvalue weighted by Gasteiger charge is -2.37. The van der Waals surface area contributed by atoms with Gasteiger partial charge in [-0.15, -0.1) is 10.2 Å². The Labute approximate surface area is 195 Å². The maximum Gasteiger partial charge on any atom is 0.254 e. The highest BCUT2D eigenvalue weighted by atomic mass is 79.9. The number of nitrogens with zero attached hydrogens (tertiary/aromatic N) is 5. The van der Waals surface area contributed by atoms with E-state index in [1.807, 2.05) is 51.9 Å². The first-order valence-electron chi connectivity index (χ1n) is 10.7. The molecular formula is C25H24BrN5O. The van der Waals surface area contributed by atoms with Crippen molar-refractivity contribution in [2.75, 3.05) is 31.1 Å². The van der Waals surface area contributed by atoms with Crippen LogP contribution in [0.25, 0.3) is 17.0 Å². The van der Waals surface area contributed by atoms with Crippen molar-refractivity contribution < 1.29 is 4.79 Å². The van der Waals surface area contributed by atoms with Crippen LogP contribution in [-0.2, 0) is 0 Å². The largest absolute Gasteiger partial charge is 0.368 e. The average molecular weight is 490 g/mol. The van der Waals surface area contributed by atoms with Crippen molar-refractivity contribution in [2.24, 2.45) is 0 Å². The number of hydrogen-bond acceptors (Lipinski definition) is 4. The van der Waals surface area contributed by atoms with E-state index in [0.29, 0.717) is 24.3 Å². The molecule has 3 heterocycles. The number of carbonyl (C=O) groups excluding carboxylic acids is 1. The topological polar surface area (TPSA) is 53.7 Å². The van der Waals surface area contributed by atoms with Gasteiger partial charge in [0.1, 0.15) is 0 Å². The Hall–Kier alpha value is -3.19. The summed E-state index contributed by atoms with van der Waals surface area (Å²) in [6.07, 6.45) is 1.88. The van der Waals surface area contributed by atoms with Crippen LogP contribution in [0.1, 0.15) is 21.5 Å². The molecule has 1 aliphatic heterocycles. The third-order valence-corrected chi connectivity index (χ3v) is 6.74. The molecule has 0 bridgehead atoms. The molecule has 7 heteroatoms. The molecule has 32 heavy (non-hydrogen) atoms. The first-order chi connectivity index (χ1) is 15.5. The number of fused-ring (bicyclic) bond motifs is 1. The summed E-state index contributed by atoms with van der Waals surface area (Å²) < 4.78 is 2.87. The van der Waals surface area contributed by atoms with Gasteiger partial charge in [0.05, 0.1) is 0 Å². The van der Waals surface area contributed by atoms with Crippen LogP contribution in [-0.4, -0.2) is 51.6 Å². The maximum atomic E-state index is 13.2. The molecule has 5 rings (SSSR count). The second-order valence-corrected chi connectivity index (χ2v) is 9.07. The van der Waals surface area contributed by atoms with E-state index >= 15 is 0 Å². The van der Waals surface area contributed by atoms with E-state index < -0.39 is 0 Å². The summed E-state index contributed by atoms with van der Waals surface area (Å²) in [7, 11) is 0. The van der Waals surface area contributed by atoms with Crippen LogP contribution >= 0.6 is 15.9 Å². The molecule has 2 aromatic heterocycles. The number of aryl methyl sites for hydroxylation is 2. The Morgan fingerprint density at radius 2 is 1.72 bits per heavy atom. The Kier molecular flexibility index (Phi) is 5.43. The SMILES string of the molecule is Cc1ccc(C)c(N2CCN(C(=O)c3ccn4c(-c5ccccc5Br)nnc4c3)CC2)c1. The predicted octanol–water partition coefficient (Wildman–Crippen LogP) is 4.74. The molecule has 1 saturated heterocycles. The number of piperazine rings is 1. The summed E-state index contributed by atoms with van der Waals surface area (Å²) in [5.74, 6) is 0.784. The fraction of sp³-hybridized carbons (Fsp3) is 0.240. The number of halogens is 1. The van der Waals surface area contributed by atoms with Gasteiger partial charge in [0, 0.05) is 53.7 Å². The minimum Gasteiger partial charge on any atom is -0.368 e. The summed E-state index contributed by atoms with van der Waals surface area (Å²) in [5.41, 5.74) is 6.06. The standard InChI is InChI=1S/C25H24BrN5O/c1-17-7-8-18(2)22(15-17)29-11-13-30(14-12-29)25(32)19-9-10-31-23(16-19)27-28-24(31)20-5-3-4-6-21(20)26/h3-10,15-16H,11-14H2,1-2H3. The van der Waals surface area contributed by atoms with Gasteiger partial charge < -0.3 is 9.80 Å². The molecule has 6 nitrogen and oxygen atoms in total. The second-order valence-electron chi connectivity index (χ2n) is 8.22. The van der Waals surface area contributed by atoms with Crippen LogP contribution in [0.5, 0.6) is 0 Å².